The Balaban J connectivity index is 1.58. The van der Waals surface area contributed by atoms with Crippen LogP contribution in [0.5, 0.6) is 0 Å². The topological polar surface area (TPSA) is 43.4 Å². The number of hydrogen-bond donors (Lipinski definition) is 0. The number of carbonyl (C=O) groups is 2. The first-order chi connectivity index (χ1) is 15.5. The second-order valence-corrected chi connectivity index (χ2v) is 12.7. The molecule has 3 nitrogen and oxygen atoms in total. The maximum absolute atomic E-state index is 13.9. The minimum absolute atomic E-state index is 0.0288. The summed E-state index contributed by atoms with van der Waals surface area (Å²) in [6, 6.07) is 0. The number of esters is 1. The Kier molecular flexibility index (Phi) is 6.75. The molecule has 0 aliphatic heterocycles. The van der Waals surface area contributed by atoms with Crippen molar-refractivity contribution in [1.82, 2.24) is 0 Å². The van der Waals surface area contributed by atoms with Crippen LogP contribution in [0.2, 0.25) is 0 Å². The van der Waals surface area contributed by atoms with Crippen LogP contribution in [0.1, 0.15) is 99.8 Å². The zero-order valence-electron chi connectivity index (χ0n) is 22.1. The minimum Gasteiger partial charge on any atom is -0.463 e. The molecule has 0 saturated heterocycles. The summed E-state index contributed by atoms with van der Waals surface area (Å²) in [6.45, 7) is 15.6. The summed E-state index contributed by atoms with van der Waals surface area (Å²) in [6.07, 6.45) is 13.1. The molecule has 3 heteroatoms. The molecular weight excluding hydrogens is 408 g/mol. The van der Waals surface area contributed by atoms with Crippen molar-refractivity contribution in [2.75, 3.05) is 0 Å². The highest BCUT2D eigenvalue weighted by Gasteiger charge is 2.58. The van der Waals surface area contributed by atoms with Gasteiger partial charge < -0.3 is 4.74 Å². The van der Waals surface area contributed by atoms with Crippen LogP contribution in [0, 0.1) is 46.3 Å². The molecule has 0 unspecified atom stereocenters. The van der Waals surface area contributed by atoms with Crippen LogP contribution in [0.3, 0.4) is 0 Å². The fourth-order valence-corrected chi connectivity index (χ4v) is 8.23. The molecule has 0 heterocycles. The number of allylic oxidation sites excluding steroid dienone is 4. The molecule has 0 amide bonds. The van der Waals surface area contributed by atoms with Crippen molar-refractivity contribution in [3.05, 3.63) is 23.3 Å². The lowest BCUT2D eigenvalue weighted by Crippen LogP contribution is -2.49. The summed E-state index contributed by atoms with van der Waals surface area (Å²) in [4.78, 5) is 25.4. The number of fused-ring (bicyclic) bond motifs is 4. The molecule has 184 valence electrons. The van der Waals surface area contributed by atoms with Gasteiger partial charge in [-0.25, -0.2) is 0 Å². The Labute approximate surface area is 201 Å². The fourth-order valence-electron chi connectivity index (χ4n) is 8.23. The van der Waals surface area contributed by atoms with Gasteiger partial charge in [-0.2, -0.15) is 0 Å². The van der Waals surface area contributed by atoms with Crippen molar-refractivity contribution in [3.8, 4) is 0 Å². The highest BCUT2D eigenvalue weighted by atomic mass is 16.5. The summed E-state index contributed by atoms with van der Waals surface area (Å²) < 4.78 is 5.58. The molecule has 0 aromatic carbocycles. The van der Waals surface area contributed by atoms with E-state index >= 15 is 0 Å². The van der Waals surface area contributed by atoms with Gasteiger partial charge in [0, 0.05) is 18.9 Å². The molecule has 0 radical (unpaired) electrons. The normalized spacial score (nSPS) is 40.4. The third-order valence-corrected chi connectivity index (χ3v) is 10.5. The van der Waals surface area contributed by atoms with Crippen molar-refractivity contribution < 1.29 is 14.3 Å². The largest absolute Gasteiger partial charge is 0.463 e. The summed E-state index contributed by atoms with van der Waals surface area (Å²) in [5, 5.41) is 0. The summed E-state index contributed by atoms with van der Waals surface area (Å²) in [7, 11) is 0. The second-order valence-electron chi connectivity index (χ2n) is 12.7. The molecule has 33 heavy (non-hydrogen) atoms. The Hall–Kier alpha value is -1.38. The molecule has 0 aromatic heterocycles. The van der Waals surface area contributed by atoms with Gasteiger partial charge in [-0.3, -0.25) is 9.59 Å². The number of hydrogen-bond acceptors (Lipinski definition) is 3. The first kappa shape index (κ1) is 24.7. The van der Waals surface area contributed by atoms with Crippen LogP contribution >= 0.6 is 0 Å². The van der Waals surface area contributed by atoms with Gasteiger partial charge in [0.15, 0.2) is 5.78 Å². The Bertz CT molecular complexity index is 851. The van der Waals surface area contributed by atoms with Crippen LogP contribution in [0.4, 0.5) is 0 Å². The van der Waals surface area contributed by atoms with E-state index in [1.54, 1.807) is 0 Å². The molecular formula is C30H46O3. The highest BCUT2D eigenvalue weighted by Crippen LogP contribution is 2.65. The Morgan fingerprint density at radius 1 is 1.06 bits per heavy atom. The second kappa shape index (κ2) is 9.00. The predicted octanol–water partition coefficient (Wildman–Crippen LogP) is 7.30. The van der Waals surface area contributed by atoms with Gasteiger partial charge in [0.2, 0.25) is 0 Å². The monoisotopic (exact) mass is 454 g/mol. The number of carbonyl (C=O) groups excluding carboxylic acids is 2. The highest BCUT2D eigenvalue weighted by molar-refractivity contribution is 5.99. The van der Waals surface area contributed by atoms with Crippen LogP contribution in [0.15, 0.2) is 23.3 Å². The molecule has 2 fully saturated rings. The number of Topliss-reactive ketones (excluding diaryl/α,β-unsaturated/α-hetero) is 1. The van der Waals surface area contributed by atoms with Gasteiger partial charge >= 0.3 is 5.97 Å². The van der Waals surface area contributed by atoms with E-state index in [4.69, 9.17) is 4.74 Å². The average Bonchev–Trinajstić information content (AvgIpc) is 3.07. The van der Waals surface area contributed by atoms with E-state index in [9.17, 15) is 9.59 Å². The molecule has 4 aliphatic rings. The smallest absolute Gasteiger partial charge is 0.302 e. The summed E-state index contributed by atoms with van der Waals surface area (Å²) in [5.74, 6) is 3.64. The zero-order valence-corrected chi connectivity index (χ0v) is 22.1. The van der Waals surface area contributed by atoms with Gasteiger partial charge in [-0.05, 0) is 91.3 Å². The van der Waals surface area contributed by atoms with Gasteiger partial charge in [0.05, 0.1) is 0 Å². The predicted molar refractivity (Wildman–Crippen MR) is 134 cm³/mol. The van der Waals surface area contributed by atoms with Crippen LogP contribution < -0.4 is 0 Å². The third-order valence-electron chi connectivity index (χ3n) is 10.5. The molecule has 0 spiro atoms. The van der Waals surface area contributed by atoms with Crippen LogP contribution in [0.25, 0.3) is 0 Å². The van der Waals surface area contributed by atoms with Gasteiger partial charge in [0.1, 0.15) is 6.10 Å². The molecule has 8 atom stereocenters. The SMILES string of the molecule is CC(=O)O[C@@H]1CC[C@]2(C)C3=C(CC[C@H]2C1)[C@@H]1CC[C@H]([C@H](C)/C=C/[C@H](C)C(C)C)[C@@]1(C)CC3=O. The first-order valence-electron chi connectivity index (χ1n) is 13.6. The van der Waals surface area contributed by atoms with Crippen molar-refractivity contribution in [2.24, 2.45) is 46.3 Å². The van der Waals surface area contributed by atoms with Crippen LogP contribution in [-0.4, -0.2) is 17.9 Å². The molecule has 2 saturated carbocycles. The van der Waals surface area contributed by atoms with E-state index in [0.717, 1.165) is 38.5 Å². The lowest BCUT2D eigenvalue weighted by Gasteiger charge is -2.54. The van der Waals surface area contributed by atoms with Gasteiger partial charge in [0.25, 0.3) is 0 Å². The maximum atomic E-state index is 13.9. The standard InChI is InChI=1S/C30H46O3/c1-18(2)19(3)8-9-20(4)25-12-13-26-24-11-10-22-16-23(33-21(5)31)14-15-29(22,6)28(24)27(32)17-30(25,26)7/h8-9,18-20,22-23,25-26H,10-17H2,1-7H3/b9-8+/t19-,20+,22-,23+,25+,26-,29-,30+/m0/s1. The molecule has 0 N–H and O–H groups in total. The number of ketones is 1. The number of rotatable bonds is 5. The van der Waals surface area contributed by atoms with Gasteiger partial charge in [-0.1, -0.05) is 59.3 Å². The van der Waals surface area contributed by atoms with E-state index in [1.165, 1.54) is 30.9 Å². The summed E-state index contributed by atoms with van der Waals surface area (Å²) in [5.41, 5.74) is 2.80. The lowest BCUT2D eigenvalue weighted by molar-refractivity contribution is -0.151. The van der Waals surface area contributed by atoms with E-state index in [-0.39, 0.29) is 22.9 Å². The van der Waals surface area contributed by atoms with Gasteiger partial charge in [-0.15, -0.1) is 0 Å². The summed E-state index contributed by atoms with van der Waals surface area (Å²) >= 11 is 0. The molecule has 4 rings (SSSR count). The quantitative estimate of drug-likeness (QED) is 0.323. The molecule has 0 bridgehead atoms. The van der Waals surface area contributed by atoms with Crippen molar-refractivity contribution in [3.63, 3.8) is 0 Å². The van der Waals surface area contributed by atoms with E-state index in [1.807, 2.05) is 0 Å². The van der Waals surface area contributed by atoms with Crippen molar-refractivity contribution >= 4 is 11.8 Å². The Morgan fingerprint density at radius 2 is 1.79 bits per heavy atom. The maximum Gasteiger partial charge on any atom is 0.302 e. The average molecular weight is 455 g/mol. The lowest BCUT2D eigenvalue weighted by atomic mass is 9.50. The zero-order chi connectivity index (χ0) is 24.1. The molecule has 4 aliphatic carbocycles. The van der Waals surface area contributed by atoms with Crippen LogP contribution in [-0.2, 0) is 14.3 Å². The third kappa shape index (κ3) is 4.27. The first-order valence-corrected chi connectivity index (χ1v) is 13.6. The van der Waals surface area contributed by atoms with E-state index in [0.29, 0.717) is 41.3 Å². The van der Waals surface area contributed by atoms with Crippen molar-refractivity contribution in [1.29, 1.82) is 0 Å². The minimum atomic E-state index is -0.174. The molecule has 0 aromatic rings. The number of ether oxygens (including phenoxy) is 1. The Morgan fingerprint density at radius 3 is 2.45 bits per heavy atom. The van der Waals surface area contributed by atoms with Crippen molar-refractivity contribution in [2.45, 2.75) is 106 Å². The van der Waals surface area contributed by atoms with E-state index in [2.05, 4.69) is 53.7 Å². The fraction of sp³-hybridized carbons (Fsp3) is 0.800. The van der Waals surface area contributed by atoms with E-state index < -0.39 is 0 Å².